The van der Waals surface area contributed by atoms with Crippen LogP contribution in [0.5, 0.6) is 0 Å². The van der Waals surface area contributed by atoms with Gasteiger partial charge in [-0.3, -0.25) is 19.8 Å². The van der Waals surface area contributed by atoms with E-state index < -0.39 is 0 Å². The molecule has 0 amide bonds. The fourth-order valence-electron chi connectivity index (χ4n) is 10.6. The maximum Gasteiger partial charge on any atom is 0.351 e. The predicted octanol–water partition coefficient (Wildman–Crippen LogP) is 7.66. The molecule has 6 aliphatic heterocycles. The Morgan fingerprint density at radius 2 is 1.15 bits per heavy atom. The number of esters is 2. The number of guanidine groups is 2. The molecular weight excluding hydrogens is 689 g/mol. The van der Waals surface area contributed by atoms with Crippen LogP contribution in [0.2, 0.25) is 0 Å². The monoisotopic (exact) mass is 765 g/mol. The average Bonchev–Trinajstić information content (AvgIpc) is 3.81. The number of nitrogens with one attached hydrogen (secondary N) is 4. The first kappa shape index (κ1) is 41.6. The predicted molar refractivity (Wildman–Crippen MR) is 220 cm³/mol. The summed E-state index contributed by atoms with van der Waals surface area (Å²) in [6.45, 7) is 10.4. The molecule has 308 valence electrons. The highest BCUT2D eigenvalue weighted by atomic mass is 16.5. The molecule has 0 unspecified atom stereocenters. The highest BCUT2D eigenvalue weighted by molar-refractivity contribution is 5.94. The van der Waals surface area contributed by atoms with Gasteiger partial charge in [0.2, 0.25) is 0 Å². The van der Waals surface area contributed by atoms with Crippen LogP contribution in [0, 0.1) is 5.92 Å². The van der Waals surface area contributed by atoms with Gasteiger partial charge in [-0.15, -0.1) is 0 Å². The number of unbranched alkanes of at least 4 members (excludes halogenated alkanes) is 14. The summed E-state index contributed by atoms with van der Waals surface area (Å²) in [5, 5.41) is 14.5. The van der Waals surface area contributed by atoms with Crippen molar-refractivity contribution >= 4 is 23.9 Å². The second-order valence-electron chi connectivity index (χ2n) is 17.6. The lowest BCUT2D eigenvalue weighted by molar-refractivity contribution is -0.587. The Balaban J connectivity index is 0.873. The normalized spacial score (nSPS) is 26.6. The van der Waals surface area contributed by atoms with E-state index in [1.807, 2.05) is 13.8 Å². The minimum absolute atomic E-state index is 0.0884. The molecule has 6 aliphatic rings. The zero-order chi connectivity index (χ0) is 38.6. The van der Waals surface area contributed by atoms with Crippen molar-refractivity contribution in [2.24, 2.45) is 5.92 Å². The Morgan fingerprint density at radius 1 is 0.618 bits per heavy atom. The molecule has 0 bridgehead atoms. The molecule has 0 aliphatic carbocycles. The van der Waals surface area contributed by atoms with E-state index in [1.165, 1.54) is 103 Å². The van der Waals surface area contributed by atoms with E-state index in [-0.39, 0.29) is 24.0 Å². The molecule has 0 spiro atoms. The lowest BCUT2D eigenvalue weighted by Crippen LogP contribution is -2.59. The van der Waals surface area contributed by atoms with E-state index in [9.17, 15) is 9.59 Å². The lowest BCUT2D eigenvalue weighted by Gasteiger charge is -2.34. The molecule has 2 fully saturated rings. The number of allylic oxidation sites excluding steroid dienone is 2. The Labute approximate surface area is 332 Å². The fourth-order valence-corrected chi connectivity index (χ4v) is 10.6. The van der Waals surface area contributed by atoms with Crippen LogP contribution in [0.1, 0.15) is 182 Å². The summed E-state index contributed by atoms with van der Waals surface area (Å²) in [5.74, 6) is 2.40. The van der Waals surface area contributed by atoms with Crippen LogP contribution in [0.4, 0.5) is 0 Å². The quantitative estimate of drug-likeness (QED) is 0.0452. The largest absolute Gasteiger partial charge is 0.462 e. The topological polar surface area (TPSA) is 107 Å². The average molecular weight is 765 g/mol. The molecule has 55 heavy (non-hydrogen) atoms. The molecule has 10 nitrogen and oxygen atoms in total. The number of hydrogen-bond donors (Lipinski definition) is 4. The summed E-state index contributed by atoms with van der Waals surface area (Å²) in [5.41, 5.74) is 3.42. The summed E-state index contributed by atoms with van der Waals surface area (Å²) in [4.78, 5) is 26.9. The summed E-state index contributed by atoms with van der Waals surface area (Å²) in [7, 11) is 0. The number of rotatable bonds is 24. The van der Waals surface area contributed by atoms with Crippen LogP contribution in [0.15, 0.2) is 22.5 Å². The van der Waals surface area contributed by atoms with Crippen LogP contribution in [0.25, 0.3) is 0 Å². The van der Waals surface area contributed by atoms with Gasteiger partial charge in [-0.25, -0.2) is 20.2 Å². The molecule has 0 aromatic carbocycles. The minimum Gasteiger partial charge on any atom is -0.462 e. The van der Waals surface area contributed by atoms with Crippen molar-refractivity contribution in [2.45, 2.75) is 212 Å². The number of ether oxygens (including phenoxy) is 2. The molecule has 4 N–H and O–H groups in total. The first-order chi connectivity index (χ1) is 26.9. The smallest absolute Gasteiger partial charge is 0.351 e. The second kappa shape index (κ2) is 20.9. The van der Waals surface area contributed by atoms with Crippen LogP contribution in [-0.4, -0.2) is 83.0 Å². The third-order valence-electron chi connectivity index (χ3n) is 13.5. The molecule has 0 saturated carbocycles. The van der Waals surface area contributed by atoms with Gasteiger partial charge in [0.05, 0.1) is 49.3 Å². The van der Waals surface area contributed by atoms with Crippen molar-refractivity contribution in [2.75, 3.05) is 19.8 Å². The third-order valence-corrected chi connectivity index (χ3v) is 13.5. The summed E-state index contributed by atoms with van der Waals surface area (Å²) in [6.07, 6.45) is 29.0. The molecule has 0 aromatic heterocycles. The second-order valence-corrected chi connectivity index (χ2v) is 17.6. The highest BCUT2D eigenvalue weighted by Gasteiger charge is 2.50. The molecule has 6 atom stereocenters. The Bertz CT molecular complexity index is 1450. The van der Waals surface area contributed by atoms with E-state index >= 15 is 0 Å². The van der Waals surface area contributed by atoms with Gasteiger partial charge in [-0.2, -0.15) is 0 Å². The van der Waals surface area contributed by atoms with Crippen molar-refractivity contribution in [3.05, 3.63) is 22.5 Å². The van der Waals surface area contributed by atoms with Crippen molar-refractivity contribution < 1.29 is 28.2 Å². The lowest BCUT2D eigenvalue weighted by atomic mass is 9.90. The van der Waals surface area contributed by atoms with Crippen LogP contribution < -0.4 is 21.3 Å². The zero-order valence-electron chi connectivity index (χ0n) is 35.1. The van der Waals surface area contributed by atoms with Crippen LogP contribution >= 0.6 is 0 Å². The maximum absolute atomic E-state index is 13.5. The number of nitrogens with zero attached hydrogens (tertiary/aromatic N) is 2. The van der Waals surface area contributed by atoms with Crippen LogP contribution in [0.3, 0.4) is 0 Å². The Morgan fingerprint density at radius 3 is 1.78 bits per heavy atom. The van der Waals surface area contributed by atoms with Gasteiger partial charge in [0.25, 0.3) is 0 Å². The van der Waals surface area contributed by atoms with Gasteiger partial charge >= 0.3 is 23.9 Å². The number of carbonyl (C=O) groups is 2. The Hall–Kier alpha value is -3.04. The van der Waals surface area contributed by atoms with Gasteiger partial charge in [0.15, 0.2) is 0 Å². The van der Waals surface area contributed by atoms with Crippen molar-refractivity contribution in [1.82, 2.24) is 21.3 Å². The summed E-state index contributed by atoms with van der Waals surface area (Å²) in [6, 6.07) is 1.65. The van der Waals surface area contributed by atoms with E-state index in [1.54, 1.807) is 0 Å². The summed E-state index contributed by atoms with van der Waals surface area (Å²) >= 11 is 0. The Kier molecular flexibility index (Phi) is 15.8. The molecular formula is C45H76N6O4+2. The molecule has 0 radical (unpaired) electrons. The first-order valence-electron chi connectivity index (χ1n) is 23.0. The van der Waals surface area contributed by atoms with E-state index in [0.29, 0.717) is 37.3 Å². The molecule has 6 rings (SSSR count). The molecule has 10 heteroatoms. The van der Waals surface area contributed by atoms with Gasteiger partial charge in [-0.1, -0.05) is 104 Å². The number of hydrogen-bond acceptors (Lipinski definition) is 8. The number of carbonyl (C=O) groups excluding carboxylic acids is 2. The van der Waals surface area contributed by atoms with Crippen LogP contribution in [-0.2, 0) is 19.1 Å². The van der Waals surface area contributed by atoms with Crippen molar-refractivity contribution in [3.8, 4) is 0 Å². The maximum atomic E-state index is 13.5. The van der Waals surface area contributed by atoms with Gasteiger partial charge in [0, 0.05) is 12.3 Å². The first-order valence-corrected chi connectivity index (χ1v) is 23.0. The molecule has 6 heterocycles. The van der Waals surface area contributed by atoms with Crippen molar-refractivity contribution in [1.29, 1.82) is 0 Å². The minimum atomic E-state index is -0.193. The summed E-state index contributed by atoms with van der Waals surface area (Å²) < 4.78 is 16.6. The van der Waals surface area contributed by atoms with E-state index in [4.69, 9.17) is 9.47 Å². The SMILES string of the molecule is CCCCCCCCC[C@H]1C[C@H]2CC[C@H]3C(C(=O)OCCCCCOC(=O)C4=C(C)NC5=[N+]6[C@H](CC[C@@H]46)[C@H](CCCCCCCCC)CN5)=C(C)NC(=[N+]23)N1. The van der Waals surface area contributed by atoms with E-state index in [2.05, 4.69) is 44.3 Å². The molecule has 2 saturated heterocycles. The molecule has 0 aromatic rings. The standard InChI is InChI=1S/C45H74N6O4/c1-5-7-9-11-13-15-18-22-34-31-46-44-47-32(3)41(39-27-26-37(34)51(39)44)43(53)55-29-21-17-20-28-54-42(52)40-33(4)48-45-49-35(23-19-16-14-12-10-8-6-2)30-36-24-25-38(40)50(36)45/h34-39H,5-31H2,1-4H3,(H2,46,47,48,49,52,53)/p+2/t34-,35+,36-,37-,38+,39+/m1/s1. The highest BCUT2D eigenvalue weighted by Crippen LogP contribution is 2.37. The fraction of sp³-hybridized carbons (Fsp3) is 0.822. The van der Waals surface area contributed by atoms with Gasteiger partial charge in [-0.05, 0) is 71.6 Å². The van der Waals surface area contributed by atoms with Gasteiger partial charge < -0.3 is 9.47 Å². The zero-order valence-corrected chi connectivity index (χ0v) is 35.1. The van der Waals surface area contributed by atoms with Gasteiger partial charge in [0.1, 0.15) is 23.2 Å². The van der Waals surface area contributed by atoms with Crippen molar-refractivity contribution in [3.63, 3.8) is 0 Å². The van der Waals surface area contributed by atoms with E-state index in [0.717, 1.165) is 92.4 Å². The third kappa shape index (κ3) is 10.5.